The minimum Gasteiger partial charge on any atom is -0.529 e. The zero-order chi connectivity index (χ0) is 8.10. The molecule has 1 amide bonds. The second-order valence-electron chi connectivity index (χ2n) is 1.67. The second kappa shape index (κ2) is 3.72. The summed E-state index contributed by atoms with van der Waals surface area (Å²) in [4.78, 5) is 10.7. The van der Waals surface area contributed by atoms with Gasteiger partial charge in [-0.2, -0.15) is 5.10 Å². The molecule has 5 heteroatoms. The van der Waals surface area contributed by atoms with Gasteiger partial charge in [-0.1, -0.05) is 6.07 Å². The highest BCUT2D eigenvalue weighted by Gasteiger charge is 1.84. The molecule has 1 heterocycles. The van der Waals surface area contributed by atoms with Gasteiger partial charge >= 0.3 is 0 Å². The summed E-state index contributed by atoms with van der Waals surface area (Å²) in [5, 5.41) is 15.1. The van der Waals surface area contributed by atoms with Crippen LogP contribution in [0.5, 0.6) is 0 Å². The maximum Gasteiger partial charge on any atom is 0.155 e. The summed E-state index contributed by atoms with van der Waals surface area (Å²) in [6.45, 7) is 0. The third-order valence-electron chi connectivity index (χ3n) is 0.891. The molecule has 1 aromatic heterocycles. The smallest absolute Gasteiger partial charge is 0.155 e. The van der Waals surface area contributed by atoms with Gasteiger partial charge in [-0.25, -0.2) is 0 Å². The Kier molecular flexibility index (Phi) is 2.62. The van der Waals surface area contributed by atoms with E-state index >= 15 is 0 Å². The fraction of sp³-hybridized carbons (Fsp3) is 0. The van der Waals surface area contributed by atoms with E-state index in [1.807, 2.05) is 17.5 Å². The molecule has 58 valence electrons. The first-order chi connectivity index (χ1) is 5.29. The average molecular weight is 169 g/mol. The van der Waals surface area contributed by atoms with E-state index < -0.39 is 6.09 Å². The predicted molar refractivity (Wildman–Crippen MR) is 40.4 cm³/mol. The number of carbonyl (C=O) groups excluding carboxylic acids is 1. The van der Waals surface area contributed by atoms with Crippen LogP contribution >= 0.6 is 11.3 Å². The van der Waals surface area contributed by atoms with Crippen molar-refractivity contribution in [1.82, 2.24) is 5.43 Å². The molecule has 0 unspecified atom stereocenters. The minimum atomic E-state index is -1.40. The molecule has 4 nitrogen and oxygen atoms in total. The molecule has 0 saturated carbocycles. The van der Waals surface area contributed by atoms with Crippen LogP contribution in [0.25, 0.3) is 0 Å². The largest absolute Gasteiger partial charge is 0.529 e. The number of nitrogens with one attached hydrogen (secondary N) is 1. The molecule has 0 bridgehead atoms. The van der Waals surface area contributed by atoms with Crippen molar-refractivity contribution in [1.29, 1.82) is 0 Å². The third-order valence-corrected chi connectivity index (χ3v) is 1.70. The van der Waals surface area contributed by atoms with E-state index in [-0.39, 0.29) is 0 Å². The Bertz CT molecular complexity index is 256. The summed E-state index contributed by atoms with van der Waals surface area (Å²) in [5.74, 6) is 0. The van der Waals surface area contributed by atoms with Crippen molar-refractivity contribution in [2.75, 3.05) is 0 Å². The highest BCUT2D eigenvalue weighted by molar-refractivity contribution is 7.11. The summed E-state index contributed by atoms with van der Waals surface area (Å²) in [6.07, 6.45) is 0.0123. The van der Waals surface area contributed by atoms with Crippen LogP contribution in [0.1, 0.15) is 4.88 Å². The number of thiophene rings is 1. The summed E-state index contributed by atoms with van der Waals surface area (Å²) in [6, 6.07) is 3.68. The van der Waals surface area contributed by atoms with Gasteiger partial charge in [0.25, 0.3) is 0 Å². The first-order valence-electron chi connectivity index (χ1n) is 2.82. The summed E-state index contributed by atoms with van der Waals surface area (Å²) in [5.41, 5.74) is 1.77. The fourth-order valence-electron chi connectivity index (χ4n) is 0.513. The first-order valence-corrected chi connectivity index (χ1v) is 3.70. The van der Waals surface area contributed by atoms with Gasteiger partial charge < -0.3 is 9.90 Å². The average Bonchev–Trinajstić information content (AvgIpc) is 2.39. The second-order valence-corrected chi connectivity index (χ2v) is 2.65. The Balaban J connectivity index is 2.43. The molecule has 0 atom stereocenters. The minimum absolute atomic E-state index is 0.888. The lowest BCUT2D eigenvalue weighted by Crippen LogP contribution is -2.32. The lowest BCUT2D eigenvalue weighted by molar-refractivity contribution is -0.250. The van der Waals surface area contributed by atoms with E-state index in [0.29, 0.717) is 0 Å². The fourth-order valence-corrected chi connectivity index (χ4v) is 1.10. The monoisotopic (exact) mass is 169 g/mol. The van der Waals surface area contributed by atoms with Crippen LogP contribution in [-0.4, -0.2) is 12.3 Å². The van der Waals surface area contributed by atoms with E-state index in [1.165, 1.54) is 17.6 Å². The zero-order valence-corrected chi connectivity index (χ0v) is 6.30. The SMILES string of the molecule is O=C([O-])N/N=C/c1cccs1. The van der Waals surface area contributed by atoms with E-state index in [2.05, 4.69) is 5.10 Å². The number of carbonyl (C=O) groups is 1. The van der Waals surface area contributed by atoms with Crippen LogP contribution in [-0.2, 0) is 0 Å². The Morgan fingerprint density at radius 2 is 2.64 bits per heavy atom. The van der Waals surface area contributed by atoms with Crippen LogP contribution in [0, 0.1) is 0 Å². The predicted octanol–water partition coefficient (Wildman–Crippen LogP) is 0.0149. The van der Waals surface area contributed by atoms with Crippen LogP contribution in [0.3, 0.4) is 0 Å². The number of nitrogens with zero attached hydrogens (tertiary/aromatic N) is 1. The zero-order valence-electron chi connectivity index (χ0n) is 5.48. The van der Waals surface area contributed by atoms with Gasteiger partial charge in [-0.15, -0.1) is 11.3 Å². The number of carboxylic acid groups (broad SMARTS) is 1. The van der Waals surface area contributed by atoms with Gasteiger partial charge in [-0.3, -0.25) is 5.43 Å². The van der Waals surface area contributed by atoms with Crippen LogP contribution < -0.4 is 10.5 Å². The van der Waals surface area contributed by atoms with Gasteiger partial charge in [0.05, 0.1) is 6.21 Å². The van der Waals surface area contributed by atoms with E-state index in [0.717, 1.165) is 4.88 Å². The number of hydrazone groups is 1. The van der Waals surface area contributed by atoms with Crippen molar-refractivity contribution in [3.8, 4) is 0 Å². The maximum absolute atomic E-state index is 9.80. The molecule has 0 saturated heterocycles. The van der Waals surface area contributed by atoms with Crippen molar-refractivity contribution < 1.29 is 9.90 Å². The Hall–Kier alpha value is -1.36. The maximum atomic E-state index is 9.80. The lowest BCUT2D eigenvalue weighted by Gasteiger charge is -1.95. The van der Waals surface area contributed by atoms with E-state index in [4.69, 9.17) is 0 Å². The molecule has 0 aliphatic carbocycles. The number of amides is 1. The molecule has 0 aliphatic rings. The van der Waals surface area contributed by atoms with Gasteiger partial charge in [0.2, 0.25) is 0 Å². The molecule has 11 heavy (non-hydrogen) atoms. The van der Waals surface area contributed by atoms with E-state index in [9.17, 15) is 9.90 Å². The van der Waals surface area contributed by atoms with Gasteiger partial charge in [0.1, 0.15) is 0 Å². The summed E-state index contributed by atoms with van der Waals surface area (Å²) in [7, 11) is 0. The van der Waals surface area contributed by atoms with Crippen molar-refractivity contribution >= 4 is 23.6 Å². The standard InChI is InChI=1S/C6H6N2O2S/c9-6(10)8-7-4-5-2-1-3-11-5/h1-4,8H,(H,9,10)/p-1/b7-4+. The number of rotatable bonds is 2. The first kappa shape index (κ1) is 7.74. The Morgan fingerprint density at radius 1 is 1.82 bits per heavy atom. The lowest BCUT2D eigenvalue weighted by atomic mass is 10.5. The van der Waals surface area contributed by atoms with Crippen molar-refractivity contribution in [3.63, 3.8) is 0 Å². The molecule has 0 aliphatic heterocycles. The summed E-state index contributed by atoms with van der Waals surface area (Å²) < 4.78 is 0. The molecule has 1 rings (SSSR count). The highest BCUT2D eigenvalue weighted by Crippen LogP contribution is 2.03. The number of hydrogen-bond acceptors (Lipinski definition) is 4. The van der Waals surface area contributed by atoms with Crippen molar-refractivity contribution in [2.24, 2.45) is 5.10 Å². The van der Waals surface area contributed by atoms with Crippen LogP contribution in [0.2, 0.25) is 0 Å². The van der Waals surface area contributed by atoms with Gasteiger partial charge in [-0.05, 0) is 11.4 Å². The normalized spacial score (nSPS) is 10.2. The molecular weight excluding hydrogens is 164 g/mol. The molecule has 1 aromatic rings. The van der Waals surface area contributed by atoms with E-state index in [1.54, 1.807) is 5.43 Å². The van der Waals surface area contributed by atoms with Gasteiger partial charge in [0.15, 0.2) is 6.09 Å². The molecule has 0 spiro atoms. The molecular formula is C6H5N2O2S-. The molecule has 0 fully saturated rings. The molecule has 0 aromatic carbocycles. The van der Waals surface area contributed by atoms with Crippen LogP contribution in [0.4, 0.5) is 4.79 Å². The summed E-state index contributed by atoms with van der Waals surface area (Å²) >= 11 is 1.47. The van der Waals surface area contributed by atoms with Crippen molar-refractivity contribution in [2.45, 2.75) is 0 Å². The van der Waals surface area contributed by atoms with Crippen LogP contribution in [0.15, 0.2) is 22.6 Å². The Labute approximate surface area is 67.2 Å². The van der Waals surface area contributed by atoms with Crippen molar-refractivity contribution in [3.05, 3.63) is 22.4 Å². The van der Waals surface area contributed by atoms with Gasteiger partial charge in [0, 0.05) is 4.88 Å². The third kappa shape index (κ3) is 2.81. The Morgan fingerprint density at radius 3 is 3.18 bits per heavy atom. The molecule has 0 radical (unpaired) electrons. The highest BCUT2D eigenvalue weighted by atomic mass is 32.1. The topological polar surface area (TPSA) is 64.5 Å². The molecule has 1 N–H and O–H groups in total. The number of hydrogen-bond donors (Lipinski definition) is 1. The quantitative estimate of drug-likeness (QED) is 0.501.